The third-order valence-corrected chi connectivity index (χ3v) is 6.85. The van der Waals surface area contributed by atoms with Gasteiger partial charge in [-0.05, 0) is 66.7 Å². The van der Waals surface area contributed by atoms with Gasteiger partial charge in [0.1, 0.15) is 12.6 Å². The van der Waals surface area contributed by atoms with Crippen LogP contribution < -0.4 is 0 Å². The molecule has 1 amide bonds. The maximum atomic E-state index is 13.2. The SMILES string of the molecule is CC(C(=O)O)N(C(=O)OCC1c2ccccc2-c2ccccc21)C(C1CC1)C1CC1. The molecule has 0 aromatic heterocycles. The second-order valence-electron chi connectivity index (χ2n) is 8.89. The average Bonchev–Trinajstić information content (AvgIpc) is 3.67. The summed E-state index contributed by atoms with van der Waals surface area (Å²) in [5, 5.41) is 9.65. The Bertz CT molecular complexity index is 921. The van der Waals surface area contributed by atoms with Crippen molar-refractivity contribution in [2.45, 2.75) is 50.6 Å². The van der Waals surface area contributed by atoms with Crippen molar-refractivity contribution in [2.24, 2.45) is 11.8 Å². The molecule has 156 valence electrons. The van der Waals surface area contributed by atoms with Crippen LogP contribution in [0.5, 0.6) is 0 Å². The minimum Gasteiger partial charge on any atom is -0.480 e. The molecule has 2 aromatic carbocycles. The number of nitrogens with zero attached hydrogens (tertiary/aromatic N) is 1. The van der Waals surface area contributed by atoms with E-state index in [0.717, 1.165) is 36.8 Å². The number of rotatable bonds is 7. The number of ether oxygens (including phenoxy) is 1. The normalized spacial score (nSPS) is 18.6. The second kappa shape index (κ2) is 7.46. The molecular weight excluding hydrogens is 378 g/mol. The van der Waals surface area contributed by atoms with Crippen LogP contribution in [0.15, 0.2) is 48.5 Å². The van der Waals surface area contributed by atoms with E-state index in [4.69, 9.17) is 4.74 Å². The Hall–Kier alpha value is -2.82. The van der Waals surface area contributed by atoms with Gasteiger partial charge in [-0.15, -0.1) is 0 Å². The maximum absolute atomic E-state index is 13.2. The van der Waals surface area contributed by atoms with E-state index in [0.29, 0.717) is 11.8 Å². The lowest BCUT2D eigenvalue weighted by atomic mass is 9.98. The van der Waals surface area contributed by atoms with Crippen molar-refractivity contribution in [1.29, 1.82) is 0 Å². The lowest BCUT2D eigenvalue weighted by Gasteiger charge is -2.34. The van der Waals surface area contributed by atoms with Crippen molar-refractivity contribution in [3.05, 3.63) is 59.7 Å². The van der Waals surface area contributed by atoms with Gasteiger partial charge in [0.05, 0.1) is 0 Å². The molecule has 0 aliphatic heterocycles. The summed E-state index contributed by atoms with van der Waals surface area (Å²) in [7, 11) is 0. The first-order chi connectivity index (χ1) is 14.6. The predicted molar refractivity (Wildman–Crippen MR) is 113 cm³/mol. The molecule has 5 rings (SSSR count). The number of hydrogen-bond acceptors (Lipinski definition) is 3. The van der Waals surface area contributed by atoms with Crippen molar-refractivity contribution in [3.8, 4) is 11.1 Å². The summed E-state index contributed by atoms with van der Waals surface area (Å²) in [5.74, 6) is -0.169. The van der Waals surface area contributed by atoms with Gasteiger partial charge in [-0.1, -0.05) is 48.5 Å². The monoisotopic (exact) mass is 405 g/mol. The Balaban J connectivity index is 1.38. The number of benzene rings is 2. The molecule has 5 heteroatoms. The van der Waals surface area contributed by atoms with Crippen molar-refractivity contribution >= 4 is 12.1 Å². The number of carbonyl (C=O) groups is 2. The van der Waals surface area contributed by atoms with E-state index < -0.39 is 18.1 Å². The van der Waals surface area contributed by atoms with Crippen LogP contribution in [0.2, 0.25) is 0 Å². The Morgan fingerprint density at radius 2 is 1.47 bits per heavy atom. The molecule has 1 N–H and O–H groups in total. The fourth-order valence-electron chi connectivity index (χ4n) is 5.04. The highest BCUT2D eigenvalue weighted by atomic mass is 16.6. The van der Waals surface area contributed by atoms with Crippen molar-refractivity contribution in [3.63, 3.8) is 0 Å². The minimum atomic E-state index is -0.977. The quantitative estimate of drug-likeness (QED) is 0.712. The zero-order valence-corrected chi connectivity index (χ0v) is 17.2. The van der Waals surface area contributed by atoms with Crippen LogP contribution in [0.25, 0.3) is 11.1 Å². The largest absolute Gasteiger partial charge is 0.480 e. The third-order valence-electron chi connectivity index (χ3n) is 6.85. The number of amides is 1. The first-order valence-electron chi connectivity index (χ1n) is 10.9. The van der Waals surface area contributed by atoms with Gasteiger partial charge in [-0.2, -0.15) is 0 Å². The van der Waals surface area contributed by atoms with Gasteiger partial charge >= 0.3 is 12.1 Å². The minimum absolute atomic E-state index is 0.00764. The highest BCUT2D eigenvalue weighted by Crippen LogP contribution is 2.48. The van der Waals surface area contributed by atoms with Crippen molar-refractivity contribution < 1.29 is 19.4 Å². The molecule has 3 aliphatic rings. The summed E-state index contributed by atoms with van der Waals surface area (Å²) >= 11 is 0. The molecule has 2 aromatic rings. The molecular formula is C25H27NO4. The molecule has 0 heterocycles. The molecule has 2 saturated carbocycles. The van der Waals surface area contributed by atoms with Crippen molar-refractivity contribution in [2.75, 3.05) is 6.61 Å². The van der Waals surface area contributed by atoms with Crippen LogP contribution in [-0.2, 0) is 9.53 Å². The second-order valence-corrected chi connectivity index (χ2v) is 8.89. The van der Waals surface area contributed by atoms with E-state index in [-0.39, 0.29) is 18.6 Å². The molecule has 1 unspecified atom stereocenters. The summed E-state index contributed by atoms with van der Waals surface area (Å²) < 4.78 is 5.83. The molecule has 0 radical (unpaired) electrons. The lowest BCUT2D eigenvalue weighted by molar-refractivity contribution is -0.143. The number of aliphatic carboxylic acids is 1. The fraction of sp³-hybridized carbons (Fsp3) is 0.440. The first kappa shape index (κ1) is 19.2. The van der Waals surface area contributed by atoms with E-state index in [1.165, 1.54) is 16.0 Å². The average molecular weight is 405 g/mol. The lowest BCUT2D eigenvalue weighted by Crippen LogP contribution is -2.51. The zero-order chi connectivity index (χ0) is 20.8. The molecule has 5 nitrogen and oxygen atoms in total. The molecule has 0 saturated heterocycles. The third kappa shape index (κ3) is 3.36. The molecule has 1 atom stereocenters. The van der Waals surface area contributed by atoms with Crippen LogP contribution in [0.1, 0.15) is 49.7 Å². The van der Waals surface area contributed by atoms with Gasteiger partial charge in [-0.3, -0.25) is 4.90 Å². The molecule has 0 spiro atoms. The van der Waals surface area contributed by atoms with E-state index >= 15 is 0 Å². The standard InChI is InChI=1S/C25H27NO4/c1-15(24(27)28)26(23(16-10-11-16)17-12-13-17)25(29)30-14-22-20-8-4-2-6-18(20)19-7-3-5-9-21(19)22/h2-9,15-17,22-23H,10-14H2,1H3,(H,27,28). The number of fused-ring (bicyclic) bond motifs is 3. The molecule has 0 bridgehead atoms. The summed E-state index contributed by atoms with van der Waals surface area (Å²) in [6.45, 7) is 1.82. The van der Waals surface area contributed by atoms with Gasteiger partial charge in [0.25, 0.3) is 0 Å². The Kier molecular flexibility index (Phi) is 4.76. The van der Waals surface area contributed by atoms with Gasteiger partial charge in [0, 0.05) is 12.0 Å². The smallest absolute Gasteiger partial charge is 0.410 e. The van der Waals surface area contributed by atoms with E-state index in [9.17, 15) is 14.7 Å². The summed E-state index contributed by atoms with van der Waals surface area (Å²) in [6, 6.07) is 15.6. The van der Waals surface area contributed by atoms with Crippen LogP contribution in [0.4, 0.5) is 4.79 Å². The van der Waals surface area contributed by atoms with Gasteiger partial charge in [0.2, 0.25) is 0 Å². The van der Waals surface area contributed by atoms with Crippen LogP contribution in [0, 0.1) is 11.8 Å². The summed E-state index contributed by atoms with van der Waals surface area (Å²) in [6.07, 6.45) is 3.79. The Morgan fingerprint density at radius 3 is 1.93 bits per heavy atom. The van der Waals surface area contributed by atoms with Crippen LogP contribution >= 0.6 is 0 Å². The number of hydrogen-bond donors (Lipinski definition) is 1. The molecule has 2 fully saturated rings. The van der Waals surface area contributed by atoms with E-state index in [1.807, 2.05) is 24.3 Å². The van der Waals surface area contributed by atoms with Crippen molar-refractivity contribution in [1.82, 2.24) is 4.90 Å². The first-order valence-corrected chi connectivity index (χ1v) is 10.9. The van der Waals surface area contributed by atoms with Crippen LogP contribution in [0.3, 0.4) is 0 Å². The zero-order valence-electron chi connectivity index (χ0n) is 17.2. The summed E-state index contributed by atoms with van der Waals surface area (Å²) in [4.78, 5) is 26.5. The molecule has 30 heavy (non-hydrogen) atoms. The summed E-state index contributed by atoms with van der Waals surface area (Å²) in [5.41, 5.74) is 4.67. The Morgan fingerprint density at radius 1 is 0.967 bits per heavy atom. The fourth-order valence-corrected chi connectivity index (χ4v) is 5.04. The van der Waals surface area contributed by atoms with E-state index in [1.54, 1.807) is 6.92 Å². The van der Waals surface area contributed by atoms with Crippen LogP contribution in [-0.4, -0.2) is 40.8 Å². The topological polar surface area (TPSA) is 66.8 Å². The molecule has 3 aliphatic carbocycles. The highest BCUT2D eigenvalue weighted by Gasteiger charge is 2.49. The van der Waals surface area contributed by atoms with Gasteiger partial charge in [-0.25, -0.2) is 9.59 Å². The van der Waals surface area contributed by atoms with Gasteiger partial charge in [0.15, 0.2) is 0 Å². The van der Waals surface area contributed by atoms with E-state index in [2.05, 4.69) is 24.3 Å². The maximum Gasteiger partial charge on any atom is 0.410 e. The number of carboxylic acid groups (broad SMARTS) is 1. The predicted octanol–water partition coefficient (Wildman–Crippen LogP) is 4.90. The Labute approximate surface area is 176 Å². The number of carbonyl (C=O) groups excluding carboxylic acids is 1. The number of carboxylic acids is 1. The van der Waals surface area contributed by atoms with Gasteiger partial charge < -0.3 is 9.84 Å². The highest BCUT2D eigenvalue weighted by molar-refractivity contribution is 5.81.